The van der Waals surface area contributed by atoms with Gasteiger partial charge in [-0.1, -0.05) is 70.7 Å². The van der Waals surface area contributed by atoms with Crippen molar-refractivity contribution in [1.82, 2.24) is 0 Å². The van der Waals surface area contributed by atoms with Gasteiger partial charge in [-0.2, -0.15) is 0 Å². The maximum absolute atomic E-state index is 13.9. The number of carbonyl (C=O) groups is 4. The molecule has 2 bridgehead atoms. The number of aliphatic hydroxyl groups excluding tert-OH is 1. The van der Waals surface area contributed by atoms with E-state index in [1.807, 2.05) is 18.2 Å². The second kappa shape index (κ2) is 19.0. The Morgan fingerprint density at radius 1 is 1.00 bits per heavy atom. The number of hydrogen-bond donors (Lipinski definition) is 2. The van der Waals surface area contributed by atoms with E-state index in [4.69, 9.17) is 33.2 Å². The first-order valence-electron chi connectivity index (χ1n) is 18.1. The summed E-state index contributed by atoms with van der Waals surface area (Å²) in [4.78, 5) is 52.7. The molecule has 0 radical (unpaired) electrons. The van der Waals surface area contributed by atoms with Crippen molar-refractivity contribution in [2.75, 3.05) is 34.0 Å². The summed E-state index contributed by atoms with van der Waals surface area (Å²) in [5.41, 5.74) is 0.0275. The molecule has 4 atom stereocenters. The van der Waals surface area contributed by atoms with Gasteiger partial charge in [-0.05, 0) is 42.2 Å². The minimum Gasteiger partial charge on any atom is -0.496 e. The quantitative estimate of drug-likeness (QED) is 0.129. The molecule has 1 saturated heterocycles. The van der Waals surface area contributed by atoms with E-state index in [-0.39, 0.29) is 49.2 Å². The fourth-order valence-corrected chi connectivity index (χ4v) is 6.42. The molecule has 2 aliphatic heterocycles. The Bertz CT molecular complexity index is 1620. The summed E-state index contributed by atoms with van der Waals surface area (Å²) in [5, 5.41) is 22.8. The van der Waals surface area contributed by atoms with Crippen molar-refractivity contribution >= 4 is 23.9 Å². The monoisotopic (exact) mass is 740 g/mol. The lowest BCUT2D eigenvalue weighted by Gasteiger charge is -2.51. The van der Waals surface area contributed by atoms with Crippen LogP contribution >= 0.6 is 0 Å². The third-order valence-electron chi connectivity index (χ3n) is 9.48. The van der Waals surface area contributed by atoms with Crippen molar-refractivity contribution in [3.8, 4) is 22.6 Å². The molecule has 2 aromatic carbocycles. The highest BCUT2D eigenvalue weighted by atomic mass is 16.7. The van der Waals surface area contributed by atoms with Crippen LogP contribution in [0.4, 0.5) is 0 Å². The fraction of sp³-hybridized carbons (Fsp3) is 0.550. The van der Waals surface area contributed by atoms with Gasteiger partial charge >= 0.3 is 23.9 Å². The maximum atomic E-state index is 13.9. The fourth-order valence-electron chi connectivity index (χ4n) is 6.42. The first-order chi connectivity index (χ1) is 25.3. The normalized spacial score (nSPS) is 24.2. The second-order valence-corrected chi connectivity index (χ2v) is 13.9. The summed E-state index contributed by atoms with van der Waals surface area (Å²) in [7, 11) is 2.73. The van der Waals surface area contributed by atoms with Crippen molar-refractivity contribution in [3.63, 3.8) is 0 Å². The molecule has 0 saturated carbocycles. The van der Waals surface area contributed by atoms with E-state index < -0.39 is 66.6 Å². The summed E-state index contributed by atoms with van der Waals surface area (Å²) in [6, 6.07) is 12.2. The molecular weight excluding hydrogens is 688 g/mol. The van der Waals surface area contributed by atoms with Gasteiger partial charge in [-0.3, -0.25) is 9.59 Å². The predicted molar refractivity (Wildman–Crippen MR) is 192 cm³/mol. The SMILES string of the molecule is CCCCCCCC(=O)O[C@H]1/C(=C/C(=O)OC)C[C@H]2C[C@H](CO)OC(=O)CCOc3ccc(-c4ccccc4OC)cc3C(=O)OCC(C)(C)[C@]1(O)O2. The zero-order valence-corrected chi connectivity index (χ0v) is 31.2. The Labute approximate surface area is 310 Å². The van der Waals surface area contributed by atoms with Crippen molar-refractivity contribution in [3.05, 3.63) is 59.7 Å². The zero-order chi connectivity index (χ0) is 38.6. The van der Waals surface area contributed by atoms with Gasteiger partial charge in [0.25, 0.3) is 0 Å². The van der Waals surface area contributed by atoms with E-state index in [9.17, 15) is 29.4 Å². The highest BCUT2D eigenvalue weighted by molar-refractivity contribution is 5.94. The molecule has 0 unspecified atom stereocenters. The number of aliphatic hydroxyl groups is 2. The van der Waals surface area contributed by atoms with E-state index in [0.29, 0.717) is 23.3 Å². The lowest BCUT2D eigenvalue weighted by atomic mass is 9.75. The lowest BCUT2D eigenvalue weighted by molar-refractivity contribution is -0.340. The van der Waals surface area contributed by atoms with Crippen LogP contribution in [-0.4, -0.2) is 92.2 Å². The van der Waals surface area contributed by atoms with Gasteiger partial charge in [0.15, 0.2) is 6.10 Å². The number of methoxy groups -OCH3 is 2. The molecule has 2 heterocycles. The van der Waals surface area contributed by atoms with Crippen LogP contribution in [0, 0.1) is 5.41 Å². The van der Waals surface area contributed by atoms with Crippen LogP contribution in [0.1, 0.15) is 88.9 Å². The molecule has 2 aromatic rings. The number of benzene rings is 2. The summed E-state index contributed by atoms with van der Waals surface area (Å²) in [5.74, 6) is -4.56. The van der Waals surface area contributed by atoms with Gasteiger partial charge in [-0.25, -0.2) is 9.59 Å². The summed E-state index contributed by atoms with van der Waals surface area (Å²) >= 11 is 0. The van der Waals surface area contributed by atoms with Gasteiger partial charge in [0.1, 0.15) is 29.8 Å². The molecule has 13 heteroatoms. The average molecular weight is 741 g/mol. The molecule has 0 aliphatic carbocycles. The summed E-state index contributed by atoms with van der Waals surface area (Å²) in [6.45, 7) is 4.08. The Hall–Kier alpha value is -4.46. The third kappa shape index (κ3) is 10.6. The Kier molecular flexibility index (Phi) is 14.8. The first-order valence-corrected chi connectivity index (χ1v) is 18.1. The van der Waals surface area contributed by atoms with Crippen molar-refractivity contribution in [2.24, 2.45) is 5.41 Å². The molecule has 4 rings (SSSR count). The largest absolute Gasteiger partial charge is 0.496 e. The van der Waals surface area contributed by atoms with E-state index >= 15 is 0 Å². The Morgan fingerprint density at radius 3 is 2.47 bits per heavy atom. The van der Waals surface area contributed by atoms with E-state index in [1.54, 1.807) is 38.1 Å². The molecule has 290 valence electrons. The van der Waals surface area contributed by atoms with Gasteiger partial charge in [-0.15, -0.1) is 0 Å². The number of para-hydroxylation sites is 1. The number of hydrogen-bond acceptors (Lipinski definition) is 13. The number of ether oxygens (including phenoxy) is 7. The number of fused-ring (bicyclic) bond motifs is 3. The molecule has 13 nitrogen and oxygen atoms in total. The minimum absolute atomic E-state index is 0.0321. The van der Waals surface area contributed by atoms with Crippen LogP contribution < -0.4 is 9.47 Å². The van der Waals surface area contributed by atoms with E-state index in [1.165, 1.54) is 14.2 Å². The van der Waals surface area contributed by atoms with E-state index in [0.717, 1.165) is 31.8 Å². The number of rotatable bonds is 11. The van der Waals surface area contributed by atoms with Gasteiger partial charge in [0.05, 0.1) is 45.4 Å². The standard InChI is InChI=1S/C40H52O13/c1-6-7-8-9-10-15-34(42)52-37-27(22-36(44)48-5)20-28-23-29(24-41)51-35(43)18-19-49-33-17-16-26(30-13-11-12-14-32(30)47-4)21-31(33)38(45)50-25-39(2,3)40(37,46)53-28/h11-14,16-17,21-22,28-29,37,41,46H,6-10,15,18-20,23-25H2,1-5H3/b27-22+/t28-,29+,37-,40+/m0/s1. The van der Waals surface area contributed by atoms with Crippen LogP contribution in [0.25, 0.3) is 11.1 Å². The second-order valence-electron chi connectivity index (χ2n) is 13.9. The lowest BCUT2D eigenvalue weighted by Crippen LogP contribution is -2.63. The van der Waals surface area contributed by atoms with Gasteiger partial charge in [0.2, 0.25) is 5.79 Å². The van der Waals surface area contributed by atoms with Crippen molar-refractivity contribution in [2.45, 2.75) is 103 Å². The zero-order valence-electron chi connectivity index (χ0n) is 31.2. The van der Waals surface area contributed by atoms with Crippen LogP contribution in [0.5, 0.6) is 11.5 Å². The van der Waals surface area contributed by atoms with Crippen LogP contribution in [0.15, 0.2) is 54.1 Å². The Balaban J connectivity index is 1.76. The maximum Gasteiger partial charge on any atom is 0.341 e. The molecule has 53 heavy (non-hydrogen) atoms. The van der Waals surface area contributed by atoms with E-state index in [2.05, 4.69) is 6.92 Å². The van der Waals surface area contributed by atoms with Crippen molar-refractivity contribution < 1.29 is 62.5 Å². The molecule has 2 aliphatic rings. The smallest absolute Gasteiger partial charge is 0.341 e. The van der Waals surface area contributed by atoms with Gasteiger partial charge in [0, 0.05) is 24.5 Å². The average Bonchev–Trinajstić information content (AvgIpc) is 3.14. The number of esters is 4. The molecule has 0 spiro atoms. The number of cyclic esters (lactones) is 2. The number of carbonyl (C=O) groups excluding carboxylic acids is 4. The number of unbranched alkanes of at least 4 members (excludes halogenated alkanes) is 4. The van der Waals surface area contributed by atoms with Crippen LogP contribution in [0.3, 0.4) is 0 Å². The molecule has 1 fully saturated rings. The predicted octanol–water partition coefficient (Wildman–Crippen LogP) is 5.47. The summed E-state index contributed by atoms with van der Waals surface area (Å²) < 4.78 is 40.0. The van der Waals surface area contributed by atoms with Crippen LogP contribution in [-0.2, 0) is 38.1 Å². The molecule has 0 amide bonds. The van der Waals surface area contributed by atoms with Crippen molar-refractivity contribution in [1.29, 1.82) is 0 Å². The summed E-state index contributed by atoms with van der Waals surface area (Å²) in [6.07, 6.45) is 1.73. The molecular formula is C40H52O13. The van der Waals surface area contributed by atoms with Crippen LogP contribution in [0.2, 0.25) is 0 Å². The highest BCUT2D eigenvalue weighted by Gasteiger charge is 2.59. The minimum atomic E-state index is -2.40. The topological polar surface area (TPSA) is 173 Å². The third-order valence-corrected chi connectivity index (χ3v) is 9.48. The van der Waals surface area contributed by atoms with Gasteiger partial charge < -0.3 is 43.4 Å². The Morgan fingerprint density at radius 2 is 1.75 bits per heavy atom. The molecule has 0 aromatic heterocycles. The highest BCUT2D eigenvalue weighted by Crippen LogP contribution is 2.46. The molecule has 2 N–H and O–H groups in total. The first kappa shape index (κ1) is 41.3.